The quantitative estimate of drug-likeness (QED) is 0.554. The van der Waals surface area contributed by atoms with E-state index in [-0.39, 0.29) is 0 Å². The normalized spacial score (nSPS) is 10.4. The van der Waals surface area contributed by atoms with E-state index in [0.29, 0.717) is 5.88 Å². The van der Waals surface area contributed by atoms with Crippen molar-refractivity contribution >= 4 is 22.7 Å². The first-order valence-electron chi connectivity index (χ1n) is 4.05. The monoisotopic (exact) mass is 207 g/mol. The third-order valence-corrected chi connectivity index (χ3v) is 2.39. The van der Waals surface area contributed by atoms with Crippen LogP contribution in [0.4, 0.5) is 0 Å². The lowest BCUT2D eigenvalue weighted by Gasteiger charge is -2.03. The minimum absolute atomic E-state index is 0.565. The van der Waals surface area contributed by atoms with E-state index >= 15 is 0 Å². The third-order valence-electron chi connectivity index (χ3n) is 1.83. The highest BCUT2D eigenvalue weighted by molar-refractivity contribution is 7.98. The van der Waals surface area contributed by atoms with Gasteiger partial charge < -0.3 is 4.74 Å². The second-order valence-corrected chi connectivity index (χ2v) is 3.38. The molecule has 0 spiro atoms. The van der Waals surface area contributed by atoms with Crippen LogP contribution >= 0.6 is 11.8 Å². The number of hydrogen-bond donors (Lipinski definition) is 0. The van der Waals surface area contributed by atoms with Gasteiger partial charge in [-0.2, -0.15) is 0 Å². The summed E-state index contributed by atoms with van der Waals surface area (Å²) in [4.78, 5) is 12.6. The Balaban J connectivity index is 2.67. The maximum atomic E-state index is 5.10. The number of methoxy groups -OCH3 is 1. The van der Waals surface area contributed by atoms with Gasteiger partial charge in [0.15, 0.2) is 5.16 Å². The van der Waals surface area contributed by atoms with Crippen LogP contribution in [0, 0.1) is 0 Å². The second kappa shape index (κ2) is 3.79. The van der Waals surface area contributed by atoms with Gasteiger partial charge >= 0.3 is 0 Å². The van der Waals surface area contributed by atoms with Crippen LogP contribution in [0.5, 0.6) is 5.88 Å². The molecule has 2 heterocycles. The molecule has 2 aromatic rings. The van der Waals surface area contributed by atoms with Gasteiger partial charge in [-0.25, -0.2) is 15.0 Å². The maximum absolute atomic E-state index is 5.10. The molecule has 2 aromatic heterocycles. The molecule has 0 unspecified atom stereocenters. The summed E-state index contributed by atoms with van der Waals surface area (Å²) in [7, 11) is 1.59. The lowest BCUT2D eigenvalue weighted by atomic mass is 10.3. The van der Waals surface area contributed by atoms with E-state index in [9.17, 15) is 0 Å². The number of rotatable bonds is 2. The topological polar surface area (TPSA) is 47.9 Å². The SMILES string of the molecule is COc1nccc2nc(SC)ncc12. The largest absolute Gasteiger partial charge is 0.480 e. The maximum Gasteiger partial charge on any atom is 0.224 e. The zero-order chi connectivity index (χ0) is 9.97. The van der Waals surface area contributed by atoms with E-state index in [0.717, 1.165) is 16.1 Å². The van der Waals surface area contributed by atoms with Crippen LogP contribution in [-0.2, 0) is 0 Å². The number of aromatic nitrogens is 3. The lowest BCUT2D eigenvalue weighted by molar-refractivity contribution is 0.403. The van der Waals surface area contributed by atoms with Crippen molar-refractivity contribution < 1.29 is 4.74 Å². The Hall–Kier alpha value is -1.36. The molecule has 0 amide bonds. The van der Waals surface area contributed by atoms with Crippen LogP contribution in [0.3, 0.4) is 0 Å². The van der Waals surface area contributed by atoms with Gasteiger partial charge in [-0.05, 0) is 12.3 Å². The Morgan fingerprint density at radius 1 is 1.36 bits per heavy atom. The Morgan fingerprint density at radius 2 is 2.21 bits per heavy atom. The fourth-order valence-electron chi connectivity index (χ4n) is 1.18. The minimum Gasteiger partial charge on any atom is -0.480 e. The molecule has 0 aliphatic heterocycles. The van der Waals surface area contributed by atoms with Crippen molar-refractivity contribution in [1.82, 2.24) is 15.0 Å². The predicted octanol–water partition coefficient (Wildman–Crippen LogP) is 1.76. The van der Waals surface area contributed by atoms with E-state index < -0.39 is 0 Å². The van der Waals surface area contributed by atoms with Crippen molar-refractivity contribution in [1.29, 1.82) is 0 Å². The Kier molecular flexibility index (Phi) is 2.49. The molecular weight excluding hydrogens is 198 g/mol. The number of thioether (sulfide) groups is 1. The average molecular weight is 207 g/mol. The molecule has 0 N–H and O–H groups in total. The van der Waals surface area contributed by atoms with Gasteiger partial charge in [0.25, 0.3) is 0 Å². The molecule has 0 aliphatic rings. The molecule has 0 fully saturated rings. The molecule has 0 saturated heterocycles. The van der Waals surface area contributed by atoms with E-state index in [1.165, 1.54) is 11.8 Å². The molecule has 0 saturated carbocycles. The summed E-state index contributed by atoms with van der Waals surface area (Å²) in [5.41, 5.74) is 0.858. The van der Waals surface area contributed by atoms with Crippen molar-refractivity contribution in [2.24, 2.45) is 0 Å². The fourth-order valence-corrected chi connectivity index (χ4v) is 1.52. The van der Waals surface area contributed by atoms with E-state index in [1.54, 1.807) is 19.5 Å². The first-order chi connectivity index (χ1) is 6.85. The van der Waals surface area contributed by atoms with E-state index in [1.807, 2.05) is 12.3 Å². The van der Waals surface area contributed by atoms with E-state index in [4.69, 9.17) is 4.74 Å². The molecule has 5 heteroatoms. The van der Waals surface area contributed by atoms with Gasteiger partial charge in [-0.15, -0.1) is 0 Å². The summed E-state index contributed by atoms with van der Waals surface area (Å²) in [6, 6.07) is 1.85. The van der Waals surface area contributed by atoms with Crippen LogP contribution in [0.1, 0.15) is 0 Å². The number of ether oxygens (including phenoxy) is 1. The predicted molar refractivity (Wildman–Crippen MR) is 55.7 cm³/mol. The standard InChI is InChI=1S/C9H9N3OS/c1-13-8-6-5-11-9(14-2)12-7(6)3-4-10-8/h3-5H,1-2H3. The highest BCUT2D eigenvalue weighted by Gasteiger charge is 2.04. The molecule has 0 aromatic carbocycles. The Bertz CT molecular complexity index is 461. The third kappa shape index (κ3) is 1.50. The van der Waals surface area contributed by atoms with Crippen LogP contribution in [-0.4, -0.2) is 28.3 Å². The van der Waals surface area contributed by atoms with Gasteiger partial charge in [0.2, 0.25) is 5.88 Å². The molecule has 4 nitrogen and oxygen atoms in total. The first-order valence-corrected chi connectivity index (χ1v) is 5.27. The summed E-state index contributed by atoms with van der Waals surface area (Å²) < 4.78 is 5.10. The molecule has 72 valence electrons. The van der Waals surface area contributed by atoms with Crippen molar-refractivity contribution in [2.45, 2.75) is 5.16 Å². The van der Waals surface area contributed by atoms with Crippen molar-refractivity contribution in [3.63, 3.8) is 0 Å². The summed E-state index contributed by atoms with van der Waals surface area (Å²) in [5, 5.41) is 1.60. The summed E-state index contributed by atoms with van der Waals surface area (Å²) in [6.45, 7) is 0. The van der Waals surface area contributed by atoms with Crippen molar-refractivity contribution in [3.8, 4) is 5.88 Å². The highest BCUT2D eigenvalue weighted by Crippen LogP contribution is 2.21. The molecule has 2 rings (SSSR count). The lowest BCUT2D eigenvalue weighted by Crippen LogP contribution is -1.92. The smallest absolute Gasteiger partial charge is 0.224 e. The van der Waals surface area contributed by atoms with Crippen LogP contribution < -0.4 is 4.74 Å². The minimum atomic E-state index is 0.565. The molecule has 0 bridgehead atoms. The first kappa shape index (κ1) is 9.21. The summed E-state index contributed by atoms with van der Waals surface area (Å²) in [5.74, 6) is 0.565. The molecule has 0 aliphatic carbocycles. The molecular formula is C9H9N3OS. The van der Waals surface area contributed by atoms with Crippen LogP contribution in [0.15, 0.2) is 23.6 Å². The second-order valence-electron chi connectivity index (χ2n) is 2.61. The molecule has 14 heavy (non-hydrogen) atoms. The van der Waals surface area contributed by atoms with Crippen LogP contribution in [0.2, 0.25) is 0 Å². The average Bonchev–Trinajstić information content (AvgIpc) is 2.27. The van der Waals surface area contributed by atoms with Gasteiger partial charge in [0.05, 0.1) is 18.0 Å². The number of pyridine rings is 1. The fraction of sp³-hybridized carbons (Fsp3) is 0.222. The molecule has 0 radical (unpaired) electrons. The highest BCUT2D eigenvalue weighted by atomic mass is 32.2. The van der Waals surface area contributed by atoms with Gasteiger partial charge in [0.1, 0.15) is 0 Å². The Morgan fingerprint density at radius 3 is 2.93 bits per heavy atom. The number of fused-ring (bicyclic) bond motifs is 1. The Labute approximate surface area is 85.7 Å². The van der Waals surface area contributed by atoms with Gasteiger partial charge in [-0.1, -0.05) is 11.8 Å². The van der Waals surface area contributed by atoms with Crippen molar-refractivity contribution in [2.75, 3.05) is 13.4 Å². The van der Waals surface area contributed by atoms with Gasteiger partial charge in [-0.3, -0.25) is 0 Å². The number of hydrogen-bond acceptors (Lipinski definition) is 5. The zero-order valence-electron chi connectivity index (χ0n) is 7.89. The summed E-state index contributed by atoms with van der Waals surface area (Å²) in [6.07, 6.45) is 5.36. The zero-order valence-corrected chi connectivity index (χ0v) is 8.71. The van der Waals surface area contributed by atoms with Crippen molar-refractivity contribution in [3.05, 3.63) is 18.5 Å². The van der Waals surface area contributed by atoms with E-state index in [2.05, 4.69) is 15.0 Å². The molecule has 0 atom stereocenters. The number of nitrogens with zero attached hydrogens (tertiary/aromatic N) is 3. The van der Waals surface area contributed by atoms with Crippen LogP contribution in [0.25, 0.3) is 10.9 Å². The van der Waals surface area contributed by atoms with Gasteiger partial charge in [0, 0.05) is 12.4 Å². The summed E-state index contributed by atoms with van der Waals surface area (Å²) >= 11 is 1.51.